The molecule has 0 fully saturated rings. The molecular formula is C2H9NaO4PS+. The molecule has 9 heavy (non-hydrogen) atoms. The maximum atomic E-state index is 8.59. The Hall–Kier alpha value is 1.33. The minimum atomic E-state index is -3.12. The minimum absolute atomic E-state index is 0. The van der Waals surface area contributed by atoms with Crippen LogP contribution in [0, 0.1) is 0 Å². The molecule has 2 N–H and O–H groups in total. The maximum Gasteiger partial charge on any atom is 1.00 e. The van der Waals surface area contributed by atoms with E-state index in [1.807, 2.05) is 0 Å². The molecule has 0 spiro atoms. The molecule has 0 aliphatic carbocycles. The molecule has 0 heterocycles. The van der Waals surface area contributed by atoms with Gasteiger partial charge in [0.1, 0.15) is 0 Å². The van der Waals surface area contributed by atoms with E-state index >= 15 is 0 Å². The summed E-state index contributed by atoms with van der Waals surface area (Å²) in [4.78, 5) is 15.6. The first-order chi connectivity index (χ1) is 3.15. The van der Waals surface area contributed by atoms with E-state index in [4.69, 9.17) is 14.4 Å². The molecule has 0 radical (unpaired) electrons. The standard InChI is InChI=1S/C2H6S.Na.HO3P.H2O/c1-3-2;;1-4(2)3;/h1-2H3;;(H,1,2,3);1H2/q;+1;;. The van der Waals surface area contributed by atoms with Crippen LogP contribution in [-0.2, 0) is 16.3 Å². The van der Waals surface area contributed by atoms with Crippen LogP contribution in [0.15, 0.2) is 0 Å². The number of thiol groups is 1. The third-order valence-corrected chi connectivity index (χ3v) is 0. The van der Waals surface area contributed by atoms with E-state index in [-0.39, 0.29) is 35.0 Å². The summed E-state index contributed by atoms with van der Waals surface area (Å²) >= 11 is 1.42. The number of rotatable bonds is 0. The Bertz CT molecular complexity index is 49.8. The van der Waals surface area contributed by atoms with E-state index < -0.39 is 8.25 Å². The van der Waals surface area contributed by atoms with Gasteiger partial charge in [0.25, 0.3) is 0 Å². The summed E-state index contributed by atoms with van der Waals surface area (Å²) in [7, 11) is -3.12. The van der Waals surface area contributed by atoms with Gasteiger partial charge in [0.05, 0.1) is 12.5 Å². The van der Waals surface area contributed by atoms with Gasteiger partial charge >= 0.3 is 37.8 Å². The summed E-state index contributed by atoms with van der Waals surface area (Å²) in [6, 6.07) is 0. The van der Waals surface area contributed by atoms with Crippen LogP contribution in [0.4, 0.5) is 0 Å². The molecule has 52 valence electrons. The molecule has 0 aromatic heterocycles. The van der Waals surface area contributed by atoms with Gasteiger partial charge in [-0.25, -0.2) is 0 Å². The van der Waals surface area contributed by atoms with Crippen molar-refractivity contribution < 1.29 is 49.4 Å². The monoisotopic (exact) mass is 183 g/mol. The van der Waals surface area contributed by atoms with E-state index in [0.717, 1.165) is 0 Å². The van der Waals surface area contributed by atoms with Gasteiger partial charge < -0.3 is 10.4 Å². The summed E-state index contributed by atoms with van der Waals surface area (Å²) in [5, 5.41) is 0. The largest absolute Gasteiger partial charge is 1.00 e. The van der Waals surface area contributed by atoms with Gasteiger partial charge in [-0.3, -0.25) is 0 Å². The molecule has 0 aliphatic heterocycles. The normalized spacial score (nSPS) is 6.89. The zero-order valence-corrected chi connectivity index (χ0v) is 9.39. The maximum absolute atomic E-state index is 8.59. The van der Waals surface area contributed by atoms with Gasteiger partial charge in [0, 0.05) is 0 Å². The van der Waals surface area contributed by atoms with E-state index in [0.29, 0.717) is 0 Å². The summed E-state index contributed by atoms with van der Waals surface area (Å²) in [6.07, 6.45) is 4.19. The predicted octanol–water partition coefficient (Wildman–Crippen LogP) is -4.12. The van der Waals surface area contributed by atoms with Crippen molar-refractivity contribution in [2.45, 2.75) is 0 Å². The van der Waals surface area contributed by atoms with Crippen molar-refractivity contribution in [2.75, 3.05) is 12.5 Å². The molecule has 0 saturated heterocycles. The average molecular weight is 183 g/mol. The van der Waals surface area contributed by atoms with E-state index in [1.54, 1.807) is 0 Å². The fraction of sp³-hybridized carbons (Fsp3) is 1.00. The SMILES string of the molecule is C[SH+]C.O=[P+]([O-])O.[Na+].[OH-]. The van der Waals surface area contributed by atoms with Gasteiger partial charge in [-0.2, -0.15) is 4.89 Å². The van der Waals surface area contributed by atoms with Crippen LogP contribution >= 0.6 is 8.25 Å². The Morgan fingerprint density at radius 3 is 1.56 bits per heavy atom. The van der Waals surface area contributed by atoms with E-state index in [9.17, 15) is 0 Å². The van der Waals surface area contributed by atoms with Crippen LogP contribution in [0.5, 0.6) is 0 Å². The summed E-state index contributed by atoms with van der Waals surface area (Å²) in [5.74, 6) is 0. The van der Waals surface area contributed by atoms with Crippen molar-refractivity contribution in [1.82, 2.24) is 0 Å². The molecule has 0 bridgehead atoms. The smallest absolute Gasteiger partial charge is 0.870 e. The van der Waals surface area contributed by atoms with Crippen molar-refractivity contribution in [2.24, 2.45) is 0 Å². The summed E-state index contributed by atoms with van der Waals surface area (Å²) in [6.45, 7) is 0. The second-order valence-corrected chi connectivity index (χ2v) is 2.06. The molecule has 0 aliphatic rings. The van der Waals surface area contributed by atoms with Crippen LogP contribution in [-0.4, -0.2) is 22.9 Å². The second-order valence-electron chi connectivity index (χ2n) is 0.685. The van der Waals surface area contributed by atoms with Crippen molar-refractivity contribution >= 4 is 20.0 Å². The Morgan fingerprint density at radius 1 is 1.56 bits per heavy atom. The Labute approximate surface area is 81.6 Å². The van der Waals surface area contributed by atoms with Crippen LogP contribution in [0.3, 0.4) is 0 Å². The van der Waals surface area contributed by atoms with Crippen LogP contribution < -0.4 is 34.5 Å². The van der Waals surface area contributed by atoms with Crippen molar-refractivity contribution in [1.29, 1.82) is 0 Å². The van der Waals surface area contributed by atoms with E-state index in [1.165, 1.54) is 11.8 Å². The van der Waals surface area contributed by atoms with E-state index in [2.05, 4.69) is 12.5 Å². The molecule has 7 heteroatoms. The van der Waals surface area contributed by atoms with Crippen molar-refractivity contribution in [3.05, 3.63) is 0 Å². The van der Waals surface area contributed by atoms with Gasteiger partial charge in [-0.1, -0.05) is 0 Å². The Balaban J connectivity index is -0.0000000233. The first kappa shape index (κ1) is 22.4. The molecule has 0 aromatic rings. The molecule has 0 amide bonds. The van der Waals surface area contributed by atoms with Crippen LogP contribution in [0.2, 0.25) is 0 Å². The predicted molar refractivity (Wildman–Crippen MR) is 32.4 cm³/mol. The molecule has 1 atom stereocenters. The Kier molecular flexibility index (Phi) is 56.8. The molecule has 0 aromatic carbocycles. The number of hydrogen-bond acceptors (Lipinski definition) is 3. The number of hydrogen-bond donors (Lipinski definition) is 1. The van der Waals surface area contributed by atoms with Gasteiger partial charge in [-0.15, -0.1) is 0 Å². The van der Waals surface area contributed by atoms with Crippen molar-refractivity contribution in [3.8, 4) is 0 Å². The first-order valence-electron chi connectivity index (χ1n) is 1.46. The molecule has 0 saturated carbocycles. The topological polar surface area (TPSA) is 90.4 Å². The van der Waals surface area contributed by atoms with Crippen molar-refractivity contribution in [3.63, 3.8) is 0 Å². The minimum Gasteiger partial charge on any atom is -0.870 e. The molecule has 1 unspecified atom stereocenters. The molecular weight excluding hydrogens is 174 g/mol. The van der Waals surface area contributed by atoms with Crippen LogP contribution in [0.25, 0.3) is 0 Å². The fourth-order valence-corrected chi connectivity index (χ4v) is 0. The molecule has 4 nitrogen and oxygen atoms in total. The average Bonchev–Trinajstić information content (AvgIpc) is 1.33. The Morgan fingerprint density at radius 2 is 1.56 bits per heavy atom. The summed E-state index contributed by atoms with van der Waals surface area (Å²) in [5.41, 5.74) is 0. The zero-order valence-electron chi connectivity index (χ0n) is 5.61. The zero-order chi connectivity index (χ0) is 6.28. The van der Waals surface area contributed by atoms with Gasteiger partial charge in [-0.05, 0) is 16.3 Å². The third kappa shape index (κ3) is 283. The van der Waals surface area contributed by atoms with Gasteiger partial charge in [0.15, 0.2) is 0 Å². The molecule has 0 rings (SSSR count). The quantitative estimate of drug-likeness (QED) is 0.179. The summed E-state index contributed by atoms with van der Waals surface area (Å²) < 4.78 is 8.59. The van der Waals surface area contributed by atoms with Crippen LogP contribution in [0.1, 0.15) is 0 Å². The second kappa shape index (κ2) is 22.8. The fourth-order valence-electron chi connectivity index (χ4n) is 0. The van der Waals surface area contributed by atoms with Gasteiger partial charge in [0.2, 0.25) is 0 Å². The third-order valence-electron chi connectivity index (χ3n) is 0. The first-order valence-corrected chi connectivity index (χ1v) is 4.38.